The molecule has 110 valence electrons. The molecule has 1 N–H and O–H groups in total. The van der Waals surface area contributed by atoms with Crippen LogP contribution in [0.3, 0.4) is 0 Å². The first kappa shape index (κ1) is 14.2. The quantitative estimate of drug-likeness (QED) is 0.895. The molecule has 2 nitrogen and oxygen atoms in total. The lowest BCUT2D eigenvalue weighted by atomic mass is 9.89. The molecule has 0 saturated carbocycles. The summed E-state index contributed by atoms with van der Waals surface area (Å²) in [4.78, 5) is 0. The molecule has 1 aliphatic heterocycles. The van der Waals surface area contributed by atoms with Crippen molar-refractivity contribution < 1.29 is 4.74 Å². The zero-order chi connectivity index (χ0) is 14.7. The first-order valence-corrected chi connectivity index (χ1v) is 7.85. The second kappa shape index (κ2) is 6.31. The molecule has 2 aromatic carbocycles. The third-order valence-electron chi connectivity index (χ3n) is 4.14. The summed E-state index contributed by atoms with van der Waals surface area (Å²) in [6, 6.07) is 17.5. The lowest BCUT2D eigenvalue weighted by Crippen LogP contribution is -2.34. The number of nitrogens with one attached hydrogen (secondary N) is 1. The van der Waals surface area contributed by atoms with E-state index in [0.717, 1.165) is 25.3 Å². The van der Waals surface area contributed by atoms with E-state index in [1.165, 1.54) is 16.7 Å². The molecule has 0 radical (unpaired) electrons. The zero-order valence-electron chi connectivity index (χ0n) is 12.8. The standard InChI is InChI=1S/C19H23NO/c1-3-11-20-19-14(2)13-21-18-10-9-16(12-17(18)19)15-7-5-4-6-8-15/h4-10,12,14,19-20H,3,11,13H2,1-2H3. The second-order valence-electron chi connectivity index (χ2n) is 5.84. The summed E-state index contributed by atoms with van der Waals surface area (Å²) in [5.74, 6) is 1.52. The minimum atomic E-state index is 0.386. The van der Waals surface area contributed by atoms with Crippen LogP contribution in [-0.4, -0.2) is 13.2 Å². The van der Waals surface area contributed by atoms with Crippen LogP contribution in [0.5, 0.6) is 5.75 Å². The number of fused-ring (bicyclic) bond motifs is 1. The highest BCUT2D eigenvalue weighted by Gasteiger charge is 2.27. The molecule has 2 aromatic rings. The van der Waals surface area contributed by atoms with Gasteiger partial charge < -0.3 is 10.1 Å². The number of ether oxygens (including phenoxy) is 1. The highest BCUT2D eigenvalue weighted by atomic mass is 16.5. The van der Waals surface area contributed by atoms with Crippen molar-refractivity contribution in [1.82, 2.24) is 5.32 Å². The van der Waals surface area contributed by atoms with Crippen molar-refractivity contribution in [1.29, 1.82) is 0 Å². The Kier molecular flexibility index (Phi) is 4.26. The van der Waals surface area contributed by atoms with E-state index in [1.54, 1.807) is 0 Å². The molecule has 3 rings (SSSR count). The fourth-order valence-corrected chi connectivity index (χ4v) is 2.97. The molecule has 2 unspecified atom stereocenters. The van der Waals surface area contributed by atoms with Crippen molar-refractivity contribution >= 4 is 0 Å². The van der Waals surface area contributed by atoms with Gasteiger partial charge in [-0.3, -0.25) is 0 Å². The van der Waals surface area contributed by atoms with Gasteiger partial charge in [0.25, 0.3) is 0 Å². The number of hydrogen-bond donors (Lipinski definition) is 1. The molecule has 1 aliphatic rings. The van der Waals surface area contributed by atoms with E-state index in [1.807, 2.05) is 0 Å². The van der Waals surface area contributed by atoms with Gasteiger partial charge in [0.2, 0.25) is 0 Å². The van der Waals surface area contributed by atoms with Crippen LogP contribution in [0.4, 0.5) is 0 Å². The van der Waals surface area contributed by atoms with Gasteiger partial charge in [-0.2, -0.15) is 0 Å². The van der Waals surface area contributed by atoms with Gasteiger partial charge in [0.05, 0.1) is 6.61 Å². The van der Waals surface area contributed by atoms with Crippen molar-refractivity contribution in [2.75, 3.05) is 13.2 Å². The maximum absolute atomic E-state index is 5.90. The van der Waals surface area contributed by atoms with E-state index < -0.39 is 0 Å². The van der Waals surface area contributed by atoms with Crippen LogP contribution in [0, 0.1) is 5.92 Å². The molecule has 0 bridgehead atoms. The van der Waals surface area contributed by atoms with Crippen LogP contribution in [0.15, 0.2) is 48.5 Å². The van der Waals surface area contributed by atoms with Crippen LogP contribution in [-0.2, 0) is 0 Å². The van der Waals surface area contributed by atoms with Crippen molar-refractivity contribution in [3.05, 3.63) is 54.1 Å². The van der Waals surface area contributed by atoms with Crippen molar-refractivity contribution in [2.24, 2.45) is 5.92 Å². The Morgan fingerprint density at radius 2 is 1.90 bits per heavy atom. The zero-order valence-corrected chi connectivity index (χ0v) is 12.8. The van der Waals surface area contributed by atoms with Crippen LogP contribution >= 0.6 is 0 Å². The Bertz CT molecular complexity index is 594. The van der Waals surface area contributed by atoms with Gasteiger partial charge in [-0.05, 0) is 36.2 Å². The topological polar surface area (TPSA) is 21.3 Å². The van der Waals surface area contributed by atoms with E-state index in [2.05, 4.69) is 67.7 Å². The van der Waals surface area contributed by atoms with E-state index >= 15 is 0 Å². The molecule has 0 spiro atoms. The second-order valence-corrected chi connectivity index (χ2v) is 5.84. The predicted octanol–water partition coefficient (Wildman–Crippen LogP) is 4.42. The summed E-state index contributed by atoms with van der Waals surface area (Å²) in [6.45, 7) is 6.30. The van der Waals surface area contributed by atoms with E-state index in [0.29, 0.717) is 12.0 Å². The summed E-state index contributed by atoms with van der Waals surface area (Å²) in [5.41, 5.74) is 3.81. The Morgan fingerprint density at radius 1 is 1.10 bits per heavy atom. The fraction of sp³-hybridized carbons (Fsp3) is 0.368. The van der Waals surface area contributed by atoms with Crippen LogP contribution in [0.2, 0.25) is 0 Å². The summed E-state index contributed by atoms with van der Waals surface area (Å²) >= 11 is 0. The van der Waals surface area contributed by atoms with Gasteiger partial charge in [0, 0.05) is 17.5 Å². The Morgan fingerprint density at radius 3 is 2.67 bits per heavy atom. The smallest absolute Gasteiger partial charge is 0.124 e. The first-order chi connectivity index (χ1) is 10.3. The fourth-order valence-electron chi connectivity index (χ4n) is 2.97. The molecule has 0 saturated heterocycles. The van der Waals surface area contributed by atoms with Gasteiger partial charge in [-0.15, -0.1) is 0 Å². The SMILES string of the molecule is CCCNC1c2cc(-c3ccccc3)ccc2OCC1C. The maximum atomic E-state index is 5.90. The maximum Gasteiger partial charge on any atom is 0.124 e. The van der Waals surface area contributed by atoms with Gasteiger partial charge in [-0.1, -0.05) is 50.2 Å². The lowest BCUT2D eigenvalue weighted by Gasteiger charge is -2.32. The van der Waals surface area contributed by atoms with Crippen LogP contribution in [0.1, 0.15) is 31.9 Å². The molecule has 21 heavy (non-hydrogen) atoms. The largest absolute Gasteiger partial charge is 0.493 e. The van der Waals surface area contributed by atoms with Gasteiger partial charge in [0.15, 0.2) is 0 Å². The van der Waals surface area contributed by atoms with Gasteiger partial charge >= 0.3 is 0 Å². The highest BCUT2D eigenvalue weighted by molar-refractivity contribution is 5.66. The van der Waals surface area contributed by atoms with E-state index in [-0.39, 0.29) is 0 Å². The molecule has 0 fully saturated rings. The lowest BCUT2D eigenvalue weighted by molar-refractivity contribution is 0.189. The van der Waals surface area contributed by atoms with Crippen LogP contribution in [0.25, 0.3) is 11.1 Å². The molecule has 1 heterocycles. The molecular formula is C19H23NO. The van der Waals surface area contributed by atoms with Crippen molar-refractivity contribution in [2.45, 2.75) is 26.3 Å². The predicted molar refractivity (Wildman–Crippen MR) is 87.6 cm³/mol. The molecular weight excluding hydrogens is 258 g/mol. The first-order valence-electron chi connectivity index (χ1n) is 7.85. The van der Waals surface area contributed by atoms with E-state index in [4.69, 9.17) is 4.74 Å². The highest BCUT2D eigenvalue weighted by Crippen LogP contribution is 2.37. The third-order valence-corrected chi connectivity index (χ3v) is 4.14. The molecule has 2 heteroatoms. The van der Waals surface area contributed by atoms with Gasteiger partial charge in [0.1, 0.15) is 5.75 Å². The monoisotopic (exact) mass is 281 g/mol. The number of benzene rings is 2. The van der Waals surface area contributed by atoms with Gasteiger partial charge in [-0.25, -0.2) is 0 Å². The average molecular weight is 281 g/mol. The molecule has 0 aromatic heterocycles. The number of hydrogen-bond acceptors (Lipinski definition) is 2. The summed E-state index contributed by atoms with van der Waals surface area (Å²) < 4.78 is 5.90. The Labute approximate surface area is 127 Å². The summed E-state index contributed by atoms with van der Waals surface area (Å²) in [7, 11) is 0. The molecule has 2 atom stereocenters. The minimum Gasteiger partial charge on any atom is -0.493 e. The van der Waals surface area contributed by atoms with Crippen LogP contribution < -0.4 is 10.1 Å². The summed E-state index contributed by atoms with van der Waals surface area (Å²) in [6.07, 6.45) is 1.15. The molecule has 0 aliphatic carbocycles. The Hall–Kier alpha value is -1.80. The average Bonchev–Trinajstić information content (AvgIpc) is 2.54. The third kappa shape index (κ3) is 2.96. The van der Waals surface area contributed by atoms with Crippen molar-refractivity contribution in [3.63, 3.8) is 0 Å². The Balaban J connectivity index is 1.97. The van der Waals surface area contributed by atoms with Crippen molar-refractivity contribution in [3.8, 4) is 16.9 Å². The molecule has 0 amide bonds. The minimum absolute atomic E-state index is 0.386. The number of rotatable bonds is 4. The normalized spacial score (nSPS) is 20.7. The summed E-state index contributed by atoms with van der Waals surface area (Å²) in [5, 5.41) is 3.68. The van der Waals surface area contributed by atoms with E-state index in [9.17, 15) is 0 Å².